The van der Waals surface area contributed by atoms with Gasteiger partial charge in [0.05, 0.1) is 12.1 Å². The minimum atomic E-state index is -3.17. The third-order valence-corrected chi connectivity index (χ3v) is 3.18. The van der Waals surface area contributed by atoms with Crippen molar-refractivity contribution in [3.8, 4) is 11.5 Å². The van der Waals surface area contributed by atoms with E-state index in [0.717, 1.165) is 0 Å². The molecule has 1 heterocycles. The van der Waals surface area contributed by atoms with Crippen LogP contribution in [0.15, 0.2) is 36.5 Å². The number of amides is 1. The van der Waals surface area contributed by atoms with Gasteiger partial charge in [-0.25, -0.2) is 9.78 Å². The second kappa shape index (κ2) is 8.95. The molecule has 2 aromatic rings. The third kappa shape index (κ3) is 5.28. The summed E-state index contributed by atoms with van der Waals surface area (Å²) in [6, 6.07) is 6.92. The van der Waals surface area contributed by atoms with Gasteiger partial charge in [-0.2, -0.15) is 8.78 Å². The van der Waals surface area contributed by atoms with E-state index < -0.39 is 30.8 Å². The molecule has 1 N–H and O–H groups in total. The van der Waals surface area contributed by atoms with Crippen molar-refractivity contribution in [1.82, 2.24) is 4.98 Å². The summed E-state index contributed by atoms with van der Waals surface area (Å²) in [6.45, 7) is -3.83. The van der Waals surface area contributed by atoms with E-state index >= 15 is 0 Å². The number of hydrogen-bond acceptors (Lipinski definition) is 6. The Morgan fingerprint density at radius 3 is 2.65 bits per heavy atom. The minimum absolute atomic E-state index is 0.0745. The van der Waals surface area contributed by atoms with Gasteiger partial charge >= 0.3 is 12.6 Å². The number of pyridine rings is 1. The lowest BCUT2D eigenvalue weighted by Crippen LogP contribution is -2.22. The number of para-hydroxylation sites is 1. The third-order valence-electron chi connectivity index (χ3n) is 2.95. The van der Waals surface area contributed by atoms with Crippen molar-refractivity contribution in [2.24, 2.45) is 0 Å². The van der Waals surface area contributed by atoms with Gasteiger partial charge in [0.1, 0.15) is 11.4 Å². The van der Waals surface area contributed by atoms with Crippen LogP contribution in [0.25, 0.3) is 0 Å². The normalized spacial score (nSPS) is 10.3. The first-order valence-electron chi connectivity index (χ1n) is 7.11. The van der Waals surface area contributed by atoms with Crippen LogP contribution in [0.5, 0.6) is 11.5 Å². The molecular formula is C16H13ClF2N2O5. The summed E-state index contributed by atoms with van der Waals surface area (Å²) in [4.78, 5) is 27.7. The highest BCUT2D eigenvalue weighted by Gasteiger charge is 2.22. The van der Waals surface area contributed by atoms with E-state index in [1.165, 1.54) is 43.6 Å². The van der Waals surface area contributed by atoms with Crippen molar-refractivity contribution in [3.05, 3.63) is 47.1 Å². The number of nitrogens with one attached hydrogen (secondary N) is 1. The predicted octanol–water partition coefficient (Wildman–Crippen LogP) is 3.14. The summed E-state index contributed by atoms with van der Waals surface area (Å²) in [5.74, 6) is -2.05. The number of anilines is 1. The SMILES string of the molecule is COc1cccc(C(=O)OCC(=O)Nc2ccc(Cl)cn2)c1OC(F)F. The van der Waals surface area contributed by atoms with Crippen molar-refractivity contribution < 1.29 is 32.6 Å². The van der Waals surface area contributed by atoms with E-state index in [1.54, 1.807) is 0 Å². The van der Waals surface area contributed by atoms with Gasteiger partial charge in [-0.15, -0.1) is 0 Å². The lowest BCUT2D eigenvalue weighted by Gasteiger charge is -2.13. The highest BCUT2D eigenvalue weighted by Crippen LogP contribution is 2.32. The fraction of sp³-hybridized carbons (Fsp3) is 0.188. The second-order valence-electron chi connectivity index (χ2n) is 4.70. The number of carbonyl (C=O) groups excluding carboxylic acids is 2. The maximum atomic E-state index is 12.6. The molecule has 0 atom stereocenters. The first-order chi connectivity index (χ1) is 12.4. The zero-order valence-electron chi connectivity index (χ0n) is 13.4. The van der Waals surface area contributed by atoms with Gasteiger partial charge in [-0.05, 0) is 24.3 Å². The largest absolute Gasteiger partial charge is 0.493 e. The molecular weight excluding hydrogens is 374 g/mol. The molecule has 2 rings (SSSR count). The van der Waals surface area contributed by atoms with Crippen molar-refractivity contribution in [2.75, 3.05) is 19.0 Å². The van der Waals surface area contributed by atoms with E-state index in [0.29, 0.717) is 5.02 Å². The number of rotatable bonds is 7. The fourth-order valence-electron chi connectivity index (χ4n) is 1.89. The van der Waals surface area contributed by atoms with E-state index in [2.05, 4.69) is 15.0 Å². The van der Waals surface area contributed by atoms with Crippen molar-refractivity contribution in [3.63, 3.8) is 0 Å². The lowest BCUT2D eigenvalue weighted by molar-refractivity contribution is -0.119. The Morgan fingerprint density at radius 2 is 2.04 bits per heavy atom. The quantitative estimate of drug-likeness (QED) is 0.736. The molecule has 1 aromatic heterocycles. The van der Waals surface area contributed by atoms with Crippen molar-refractivity contribution >= 4 is 29.3 Å². The van der Waals surface area contributed by atoms with Gasteiger partial charge in [0, 0.05) is 6.20 Å². The molecule has 0 aliphatic heterocycles. The molecule has 138 valence electrons. The summed E-state index contributed by atoms with van der Waals surface area (Å²) in [7, 11) is 1.23. The highest BCUT2D eigenvalue weighted by molar-refractivity contribution is 6.30. The van der Waals surface area contributed by atoms with E-state index in [-0.39, 0.29) is 17.1 Å². The molecule has 0 radical (unpaired) electrons. The second-order valence-corrected chi connectivity index (χ2v) is 5.14. The van der Waals surface area contributed by atoms with Crippen LogP contribution in [0.3, 0.4) is 0 Å². The first kappa shape index (κ1) is 19.4. The summed E-state index contributed by atoms with van der Waals surface area (Å²) >= 11 is 5.67. The Balaban J connectivity index is 2.03. The van der Waals surface area contributed by atoms with Gasteiger partial charge in [0.25, 0.3) is 5.91 Å². The Bertz CT molecular complexity index is 787. The number of alkyl halides is 2. The average Bonchev–Trinajstić information content (AvgIpc) is 2.61. The van der Waals surface area contributed by atoms with E-state index in [9.17, 15) is 18.4 Å². The Kier molecular flexibility index (Phi) is 6.67. The van der Waals surface area contributed by atoms with Crippen LogP contribution in [-0.4, -0.2) is 37.2 Å². The van der Waals surface area contributed by atoms with Crippen molar-refractivity contribution in [2.45, 2.75) is 6.61 Å². The standard InChI is InChI=1S/C16H13ClF2N2O5/c1-24-11-4-2-3-10(14(11)26-16(18)19)15(23)25-8-13(22)21-12-6-5-9(17)7-20-12/h2-7,16H,8H2,1H3,(H,20,21,22). The summed E-state index contributed by atoms with van der Waals surface area (Å²) in [6.07, 6.45) is 1.33. The molecule has 0 aliphatic rings. The van der Waals surface area contributed by atoms with Crippen molar-refractivity contribution in [1.29, 1.82) is 0 Å². The average molecular weight is 387 g/mol. The topological polar surface area (TPSA) is 86.8 Å². The molecule has 26 heavy (non-hydrogen) atoms. The Hall–Kier alpha value is -2.94. The van der Waals surface area contributed by atoms with Gasteiger partial charge < -0.3 is 19.5 Å². The van der Waals surface area contributed by atoms with Gasteiger partial charge in [-0.3, -0.25) is 4.79 Å². The number of aromatic nitrogens is 1. The molecule has 0 saturated carbocycles. The van der Waals surface area contributed by atoms with Gasteiger partial charge in [0.2, 0.25) is 0 Å². The molecule has 10 heteroatoms. The monoisotopic (exact) mass is 386 g/mol. The highest BCUT2D eigenvalue weighted by atomic mass is 35.5. The number of nitrogens with zero attached hydrogens (tertiary/aromatic N) is 1. The smallest absolute Gasteiger partial charge is 0.387 e. The summed E-state index contributed by atoms with van der Waals surface area (Å²) < 4.78 is 39.1. The molecule has 1 amide bonds. The summed E-state index contributed by atoms with van der Waals surface area (Å²) in [5.41, 5.74) is -0.304. The first-order valence-corrected chi connectivity index (χ1v) is 7.49. The van der Waals surface area contributed by atoms with E-state index in [4.69, 9.17) is 21.1 Å². The predicted molar refractivity (Wildman–Crippen MR) is 87.8 cm³/mol. The minimum Gasteiger partial charge on any atom is -0.493 e. The number of methoxy groups -OCH3 is 1. The zero-order valence-corrected chi connectivity index (χ0v) is 14.1. The molecule has 0 fully saturated rings. The van der Waals surface area contributed by atoms with Crippen LogP contribution in [0.4, 0.5) is 14.6 Å². The number of benzene rings is 1. The lowest BCUT2D eigenvalue weighted by atomic mass is 10.2. The number of esters is 1. The van der Waals surface area contributed by atoms with Crippen LogP contribution in [-0.2, 0) is 9.53 Å². The number of halogens is 3. The maximum absolute atomic E-state index is 12.6. The number of ether oxygens (including phenoxy) is 3. The van der Waals surface area contributed by atoms with Crippen LogP contribution in [0, 0.1) is 0 Å². The molecule has 1 aromatic carbocycles. The van der Waals surface area contributed by atoms with Crippen LogP contribution in [0.1, 0.15) is 10.4 Å². The van der Waals surface area contributed by atoms with Crippen LogP contribution in [0.2, 0.25) is 5.02 Å². The van der Waals surface area contributed by atoms with Gasteiger partial charge in [-0.1, -0.05) is 17.7 Å². The Labute approximate surface area is 151 Å². The number of carbonyl (C=O) groups is 2. The van der Waals surface area contributed by atoms with E-state index in [1.807, 2.05) is 0 Å². The number of hydrogen-bond donors (Lipinski definition) is 1. The molecule has 7 nitrogen and oxygen atoms in total. The molecule has 0 unspecified atom stereocenters. The molecule has 0 saturated heterocycles. The Morgan fingerprint density at radius 1 is 1.27 bits per heavy atom. The van der Waals surface area contributed by atoms with Crippen LogP contribution >= 0.6 is 11.6 Å². The molecule has 0 bridgehead atoms. The zero-order chi connectivity index (χ0) is 19.1. The summed E-state index contributed by atoms with van der Waals surface area (Å²) in [5, 5.41) is 2.77. The van der Waals surface area contributed by atoms with Gasteiger partial charge in [0.15, 0.2) is 18.1 Å². The fourth-order valence-corrected chi connectivity index (χ4v) is 2.00. The molecule has 0 spiro atoms. The molecule has 0 aliphatic carbocycles. The van der Waals surface area contributed by atoms with Crippen LogP contribution < -0.4 is 14.8 Å². The maximum Gasteiger partial charge on any atom is 0.387 e.